The highest BCUT2D eigenvalue weighted by Gasteiger charge is 2.76. The average Bonchev–Trinajstić information content (AvgIpc) is 3.21. The average molecular weight is 501 g/mol. The summed E-state index contributed by atoms with van der Waals surface area (Å²) in [5, 5.41) is 10.4. The van der Waals surface area contributed by atoms with E-state index in [1.807, 2.05) is 50.0 Å². The van der Waals surface area contributed by atoms with Gasteiger partial charge >= 0.3 is 5.97 Å². The van der Waals surface area contributed by atoms with Crippen LogP contribution in [0.25, 0.3) is 0 Å². The molecule has 8 nitrogen and oxygen atoms in total. The molecule has 0 aromatic rings. The minimum atomic E-state index is -1.30. The van der Waals surface area contributed by atoms with Crippen LogP contribution in [-0.4, -0.2) is 81.8 Å². The Balaban J connectivity index is 1.67. The van der Waals surface area contributed by atoms with Crippen LogP contribution < -0.4 is 0 Å². The van der Waals surface area contributed by atoms with Gasteiger partial charge in [0.2, 0.25) is 11.8 Å². The molecule has 1 spiro atoms. The summed E-state index contributed by atoms with van der Waals surface area (Å²) in [7, 11) is 0. The summed E-state index contributed by atoms with van der Waals surface area (Å²) in [4.78, 5) is 45.8. The molecule has 2 saturated heterocycles. The van der Waals surface area contributed by atoms with Gasteiger partial charge in [0, 0.05) is 12.6 Å². The van der Waals surface area contributed by atoms with Crippen molar-refractivity contribution in [3.63, 3.8) is 0 Å². The Hall–Kier alpha value is -2.19. The Morgan fingerprint density at radius 1 is 1.06 bits per heavy atom. The van der Waals surface area contributed by atoms with E-state index in [4.69, 9.17) is 9.47 Å². The molecule has 0 bridgehead atoms. The maximum absolute atomic E-state index is 14.5. The highest BCUT2D eigenvalue weighted by molar-refractivity contribution is 5.99. The fourth-order valence-corrected chi connectivity index (χ4v) is 7.38. The van der Waals surface area contributed by atoms with E-state index < -0.39 is 41.1 Å². The molecule has 1 unspecified atom stereocenters. The topological polar surface area (TPSA) is 96.4 Å². The molecule has 198 valence electrons. The zero-order valence-corrected chi connectivity index (χ0v) is 21.7. The molecule has 0 radical (unpaired) electrons. The van der Waals surface area contributed by atoms with Crippen LogP contribution in [0.5, 0.6) is 0 Å². The lowest BCUT2D eigenvalue weighted by Crippen LogP contribution is -2.61. The van der Waals surface area contributed by atoms with Gasteiger partial charge in [-0.25, -0.2) is 0 Å². The molecule has 1 saturated carbocycles. The number of cyclic esters (lactones) is 1. The number of aliphatic hydroxyl groups is 1. The molecule has 36 heavy (non-hydrogen) atoms. The SMILES string of the molecule is CC[C@@]12C=CCCOC(=O)[C@@H]1[C@H]1C(=O)N([C@@H](CO)C(C)C)C3C(=O)N(C4CCCCC4)CC=C[C@@]31O2. The van der Waals surface area contributed by atoms with Gasteiger partial charge in [0.25, 0.3) is 0 Å². The highest BCUT2D eigenvalue weighted by atomic mass is 16.6. The lowest BCUT2D eigenvalue weighted by Gasteiger charge is -2.43. The highest BCUT2D eigenvalue weighted by Crippen LogP contribution is 2.59. The third kappa shape index (κ3) is 3.66. The van der Waals surface area contributed by atoms with Gasteiger partial charge in [-0.1, -0.05) is 64.3 Å². The molecule has 2 amide bonds. The number of hydrogen-bond donors (Lipinski definition) is 1. The lowest BCUT2D eigenvalue weighted by atomic mass is 9.73. The van der Waals surface area contributed by atoms with Crippen LogP contribution in [0.1, 0.15) is 65.7 Å². The summed E-state index contributed by atoms with van der Waals surface area (Å²) in [6.45, 7) is 6.26. The molecule has 0 aromatic heterocycles. The second-order valence-electron chi connectivity index (χ2n) is 11.4. The first-order valence-electron chi connectivity index (χ1n) is 13.8. The fraction of sp³-hybridized carbons (Fsp3) is 0.750. The van der Waals surface area contributed by atoms with Gasteiger partial charge in [-0.05, 0) is 31.6 Å². The smallest absolute Gasteiger partial charge is 0.313 e. The fourth-order valence-electron chi connectivity index (χ4n) is 7.38. The van der Waals surface area contributed by atoms with Crippen molar-refractivity contribution in [2.45, 2.75) is 95.0 Å². The number of carbonyl (C=O) groups excluding carboxylic acids is 3. The third-order valence-corrected chi connectivity index (χ3v) is 9.20. The first-order valence-corrected chi connectivity index (χ1v) is 13.8. The molecule has 6 atom stereocenters. The second kappa shape index (κ2) is 9.60. The van der Waals surface area contributed by atoms with E-state index in [0.717, 1.165) is 25.7 Å². The zero-order valence-electron chi connectivity index (χ0n) is 21.7. The van der Waals surface area contributed by atoms with Gasteiger partial charge < -0.3 is 24.4 Å². The molecule has 4 aliphatic heterocycles. The van der Waals surface area contributed by atoms with E-state index in [9.17, 15) is 19.5 Å². The molecular weight excluding hydrogens is 460 g/mol. The molecular formula is C28H40N2O6. The van der Waals surface area contributed by atoms with Crippen molar-refractivity contribution in [1.29, 1.82) is 0 Å². The molecule has 3 fully saturated rings. The minimum Gasteiger partial charge on any atom is -0.465 e. The maximum Gasteiger partial charge on any atom is 0.313 e. The van der Waals surface area contributed by atoms with E-state index >= 15 is 0 Å². The summed E-state index contributed by atoms with van der Waals surface area (Å²) >= 11 is 0. The van der Waals surface area contributed by atoms with Crippen molar-refractivity contribution < 1.29 is 29.0 Å². The summed E-state index contributed by atoms with van der Waals surface area (Å²) < 4.78 is 12.5. The van der Waals surface area contributed by atoms with E-state index in [0.29, 0.717) is 19.4 Å². The molecule has 8 heteroatoms. The number of fused-ring (bicyclic) bond motifs is 2. The van der Waals surface area contributed by atoms with Crippen LogP contribution >= 0.6 is 0 Å². The molecule has 5 rings (SSSR count). The van der Waals surface area contributed by atoms with Gasteiger partial charge in [-0.3, -0.25) is 14.4 Å². The lowest BCUT2D eigenvalue weighted by molar-refractivity contribution is -0.165. The molecule has 1 N–H and O–H groups in total. The van der Waals surface area contributed by atoms with E-state index in [2.05, 4.69) is 0 Å². The third-order valence-electron chi connectivity index (χ3n) is 9.20. The van der Waals surface area contributed by atoms with Gasteiger partial charge in [0.1, 0.15) is 23.2 Å². The van der Waals surface area contributed by atoms with Crippen molar-refractivity contribution in [3.8, 4) is 0 Å². The number of esters is 1. The number of carbonyl (C=O) groups is 3. The number of ether oxygens (including phenoxy) is 2. The van der Waals surface area contributed by atoms with Gasteiger partial charge in [-0.2, -0.15) is 0 Å². The van der Waals surface area contributed by atoms with Crippen molar-refractivity contribution in [3.05, 3.63) is 24.3 Å². The van der Waals surface area contributed by atoms with E-state index in [1.165, 1.54) is 6.42 Å². The summed E-state index contributed by atoms with van der Waals surface area (Å²) in [5.41, 5.74) is -2.33. The van der Waals surface area contributed by atoms with E-state index in [-0.39, 0.29) is 37.0 Å². The number of likely N-dealkylation sites (tertiary alicyclic amines) is 1. The second-order valence-corrected chi connectivity index (χ2v) is 11.4. The van der Waals surface area contributed by atoms with Crippen molar-refractivity contribution in [1.82, 2.24) is 9.80 Å². The number of nitrogens with zero attached hydrogens (tertiary/aromatic N) is 2. The van der Waals surface area contributed by atoms with Crippen LogP contribution in [0, 0.1) is 17.8 Å². The Morgan fingerprint density at radius 2 is 1.81 bits per heavy atom. The van der Waals surface area contributed by atoms with Crippen LogP contribution in [0.4, 0.5) is 0 Å². The molecule has 5 aliphatic rings. The van der Waals surface area contributed by atoms with Crippen LogP contribution in [0.3, 0.4) is 0 Å². The Morgan fingerprint density at radius 3 is 2.47 bits per heavy atom. The number of rotatable bonds is 5. The van der Waals surface area contributed by atoms with Gasteiger partial charge in [0.05, 0.1) is 25.2 Å². The van der Waals surface area contributed by atoms with Crippen molar-refractivity contribution >= 4 is 17.8 Å². The quantitative estimate of drug-likeness (QED) is 0.461. The Bertz CT molecular complexity index is 956. The summed E-state index contributed by atoms with van der Waals surface area (Å²) in [6.07, 6.45) is 14.0. The largest absolute Gasteiger partial charge is 0.465 e. The normalized spacial score (nSPS) is 37.8. The van der Waals surface area contributed by atoms with Crippen LogP contribution in [0.2, 0.25) is 0 Å². The summed E-state index contributed by atoms with van der Waals surface area (Å²) in [6, 6.07) is -1.38. The van der Waals surface area contributed by atoms with Crippen molar-refractivity contribution in [2.75, 3.05) is 19.8 Å². The Kier molecular flexibility index (Phi) is 6.79. The molecule has 4 heterocycles. The zero-order chi connectivity index (χ0) is 25.7. The Labute approximate surface area is 213 Å². The molecule has 0 aromatic carbocycles. The molecule has 1 aliphatic carbocycles. The predicted octanol–water partition coefficient (Wildman–Crippen LogP) is 2.60. The maximum atomic E-state index is 14.5. The number of hydrogen-bond acceptors (Lipinski definition) is 6. The summed E-state index contributed by atoms with van der Waals surface area (Å²) in [5.74, 6) is -2.72. The standard InChI is InChI=1S/C28H40N2O6/c1-4-27-13-8-9-16-35-26(34)22(27)21-24(32)30(20(17-31)18(2)3)23-25(33)29(19-11-6-5-7-12-19)15-10-14-28(21,23)36-27/h8,10,13-14,18-23,31H,4-7,9,11-12,15-17H2,1-3H3/t20-,21-,22-,23?,27+,28-/m0/s1. The first kappa shape index (κ1) is 25.5. The number of amides is 2. The van der Waals surface area contributed by atoms with Gasteiger partial charge in [0.15, 0.2) is 0 Å². The monoisotopic (exact) mass is 500 g/mol. The van der Waals surface area contributed by atoms with Crippen molar-refractivity contribution in [2.24, 2.45) is 17.8 Å². The number of aliphatic hydroxyl groups excluding tert-OH is 1. The van der Waals surface area contributed by atoms with Crippen LogP contribution in [-0.2, 0) is 23.9 Å². The van der Waals surface area contributed by atoms with Crippen LogP contribution in [0.15, 0.2) is 24.3 Å². The van der Waals surface area contributed by atoms with E-state index in [1.54, 1.807) is 4.90 Å². The first-order chi connectivity index (χ1) is 17.3. The van der Waals surface area contributed by atoms with Gasteiger partial charge in [-0.15, -0.1) is 0 Å². The minimum absolute atomic E-state index is 0.0851. The predicted molar refractivity (Wildman–Crippen MR) is 133 cm³/mol.